The molecular formula is C9H18N2OS. The van der Waals surface area contributed by atoms with Crippen LogP contribution >= 0.6 is 12.2 Å². The highest BCUT2D eigenvalue weighted by Gasteiger charge is 2.15. The third kappa shape index (κ3) is 4.55. The smallest absolute Gasteiger partial charge is 0.0727 e. The number of thiocarbonyl (C=S) groups is 1. The molecule has 4 heteroatoms. The first-order chi connectivity index (χ1) is 6.18. The first-order valence-corrected chi connectivity index (χ1v) is 5.21. The minimum Gasteiger partial charge on any atom is -0.393 e. The Morgan fingerprint density at radius 3 is 3.08 bits per heavy atom. The lowest BCUT2D eigenvalue weighted by atomic mass is 10.2. The molecule has 1 saturated heterocycles. The molecule has 0 radical (unpaired) electrons. The van der Waals surface area contributed by atoms with Crippen LogP contribution in [-0.2, 0) is 4.74 Å². The molecule has 0 spiro atoms. The van der Waals surface area contributed by atoms with Crippen LogP contribution in [0.2, 0.25) is 0 Å². The predicted octanol–water partition coefficient (Wildman–Crippen LogP) is 0.773. The minimum atomic E-state index is 0.374. The van der Waals surface area contributed by atoms with Gasteiger partial charge in [0.05, 0.1) is 17.7 Å². The fraction of sp³-hybridized carbons (Fsp3) is 0.889. The van der Waals surface area contributed by atoms with Gasteiger partial charge in [-0.3, -0.25) is 4.90 Å². The van der Waals surface area contributed by atoms with Crippen LogP contribution in [0.3, 0.4) is 0 Å². The van der Waals surface area contributed by atoms with Crippen molar-refractivity contribution in [2.75, 3.05) is 26.2 Å². The molecule has 0 aromatic heterocycles. The molecular weight excluding hydrogens is 184 g/mol. The first-order valence-electron chi connectivity index (χ1n) is 4.81. The Bertz CT molecular complexity index is 175. The highest BCUT2D eigenvalue weighted by atomic mass is 32.1. The van der Waals surface area contributed by atoms with Gasteiger partial charge in [-0.05, 0) is 26.3 Å². The molecule has 1 rings (SSSR count). The number of rotatable bonds is 4. The molecule has 1 unspecified atom stereocenters. The van der Waals surface area contributed by atoms with Gasteiger partial charge in [-0.25, -0.2) is 0 Å². The largest absolute Gasteiger partial charge is 0.393 e. The van der Waals surface area contributed by atoms with Crippen LogP contribution in [0.15, 0.2) is 0 Å². The van der Waals surface area contributed by atoms with E-state index in [1.165, 1.54) is 0 Å². The van der Waals surface area contributed by atoms with E-state index < -0.39 is 0 Å². The van der Waals surface area contributed by atoms with Gasteiger partial charge in [0, 0.05) is 13.1 Å². The molecule has 3 nitrogen and oxygen atoms in total. The maximum absolute atomic E-state index is 5.44. The van der Waals surface area contributed by atoms with Crippen molar-refractivity contribution in [3.63, 3.8) is 0 Å². The van der Waals surface area contributed by atoms with Gasteiger partial charge in [0.25, 0.3) is 0 Å². The molecule has 1 fully saturated rings. The average molecular weight is 202 g/mol. The van der Waals surface area contributed by atoms with Crippen LogP contribution in [0, 0.1) is 0 Å². The molecule has 76 valence electrons. The Hall–Kier alpha value is -0.190. The van der Waals surface area contributed by atoms with E-state index in [1.54, 1.807) is 0 Å². The Balaban J connectivity index is 2.10. The third-order valence-electron chi connectivity index (χ3n) is 2.22. The summed E-state index contributed by atoms with van der Waals surface area (Å²) in [6.45, 7) is 6.14. The molecule has 2 N–H and O–H groups in total. The van der Waals surface area contributed by atoms with Crippen LogP contribution in [0.4, 0.5) is 0 Å². The number of hydrogen-bond donors (Lipinski definition) is 1. The summed E-state index contributed by atoms with van der Waals surface area (Å²) in [6.07, 6.45) is 2.31. The van der Waals surface area contributed by atoms with Crippen molar-refractivity contribution in [3.8, 4) is 0 Å². The highest BCUT2D eigenvalue weighted by Crippen LogP contribution is 2.05. The van der Waals surface area contributed by atoms with Crippen LogP contribution in [0.5, 0.6) is 0 Å². The molecule has 1 atom stereocenters. The molecule has 0 amide bonds. The zero-order chi connectivity index (χ0) is 9.68. The zero-order valence-corrected chi connectivity index (χ0v) is 8.98. The lowest BCUT2D eigenvalue weighted by molar-refractivity contribution is -0.0182. The van der Waals surface area contributed by atoms with Crippen LogP contribution in [0.25, 0.3) is 0 Å². The van der Waals surface area contributed by atoms with Crippen LogP contribution < -0.4 is 5.73 Å². The third-order valence-corrected chi connectivity index (χ3v) is 2.43. The molecule has 0 aromatic carbocycles. The van der Waals surface area contributed by atoms with E-state index in [0.717, 1.165) is 39.1 Å². The summed E-state index contributed by atoms with van der Waals surface area (Å²) in [7, 11) is 0. The molecule has 0 saturated carbocycles. The molecule has 13 heavy (non-hydrogen) atoms. The van der Waals surface area contributed by atoms with E-state index in [-0.39, 0.29) is 0 Å². The zero-order valence-electron chi connectivity index (χ0n) is 8.16. The number of ether oxygens (including phenoxy) is 1. The molecule has 1 heterocycles. The van der Waals surface area contributed by atoms with Crippen molar-refractivity contribution in [3.05, 3.63) is 0 Å². The molecule has 1 aliphatic rings. The molecule has 0 bridgehead atoms. The van der Waals surface area contributed by atoms with Gasteiger partial charge in [0.15, 0.2) is 0 Å². The number of hydrogen-bond acceptors (Lipinski definition) is 3. The van der Waals surface area contributed by atoms with Crippen molar-refractivity contribution >= 4 is 17.2 Å². The van der Waals surface area contributed by atoms with Crippen molar-refractivity contribution in [2.45, 2.75) is 25.9 Å². The summed E-state index contributed by atoms with van der Waals surface area (Å²) in [5.74, 6) is 0. The van der Waals surface area contributed by atoms with E-state index in [9.17, 15) is 0 Å². The maximum Gasteiger partial charge on any atom is 0.0727 e. The maximum atomic E-state index is 5.44. The summed E-state index contributed by atoms with van der Waals surface area (Å²) in [4.78, 5) is 3.04. The second kappa shape index (κ2) is 5.52. The van der Waals surface area contributed by atoms with Crippen molar-refractivity contribution in [1.29, 1.82) is 0 Å². The normalized spacial score (nSPS) is 24.5. The van der Waals surface area contributed by atoms with E-state index in [2.05, 4.69) is 11.8 Å². The monoisotopic (exact) mass is 202 g/mol. The highest BCUT2D eigenvalue weighted by molar-refractivity contribution is 7.80. The lowest BCUT2D eigenvalue weighted by Gasteiger charge is -2.30. The van der Waals surface area contributed by atoms with Gasteiger partial charge in [0.1, 0.15) is 0 Å². The standard InChI is InChI=1S/C9H18N2OS/c1-8-7-11(5-6-12-8)4-2-3-9(10)13/h8H,2-7H2,1H3,(H2,10,13). The van der Waals surface area contributed by atoms with Gasteiger partial charge in [-0.15, -0.1) is 0 Å². The fourth-order valence-corrected chi connectivity index (χ4v) is 1.71. The summed E-state index contributed by atoms with van der Waals surface area (Å²) in [6, 6.07) is 0. The van der Waals surface area contributed by atoms with E-state index in [1.807, 2.05) is 0 Å². The van der Waals surface area contributed by atoms with Crippen molar-refractivity contribution in [2.24, 2.45) is 5.73 Å². The van der Waals surface area contributed by atoms with E-state index in [0.29, 0.717) is 11.1 Å². The summed E-state index contributed by atoms with van der Waals surface area (Å²) >= 11 is 4.82. The van der Waals surface area contributed by atoms with E-state index in [4.69, 9.17) is 22.7 Å². The second-order valence-corrected chi connectivity index (χ2v) is 4.08. The number of morpholine rings is 1. The van der Waals surface area contributed by atoms with E-state index >= 15 is 0 Å². The van der Waals surface area contributed by atoms with Gasteiger partial charge < -0.3 is 10.5 Å². The lowest BCUT2D eigenvalue weighted by Crippen LogP contribution is -2.41. The molecule has 0 aliphatic carbocycles. The Morgan fingerprint density at radius 1 is 1.69 bits per heavy atom. The molecule has 1 aliphatic heterocycles. The minimum absolute atomic E-state index is 0.374. The number of nitrogens with zero attached hydrogens (tertiary/aromatic N) is 1. The van der Waals surface area contributed by atoms with Crippen molar-refractivity contribution in [1.82, 2.24) is 4.90 Å². The number of nitrogens with two attached hydrogens (primary N) is 1. The molecule has 0 aromatic rings. The Labute approximate surface area is 85.2 Å². The summed E-state index contributed by atoms with van der Waals surface area (Å²) in [5.41, 5.74) is 5.42. The topological polar surface area (TPSA) is 38.5 Å². The predicted molar refractivity (Wildman–Crippen MR) is 57.9 cm³/mol. The van der Waals surface area contributed by atoms with Gasteiger partial charge in [0.2, 0.25) is 0 Å². The average Bonchev–Trinajstić information content (AvgIpc) is 2.03. The second-order valence-electron chi connectivity index (χ2n) is 3.55. The van der Waals surface area contributed by atoms with Gasteiger partial charge in [-0.1, -0.05) is 12.2 Å². The first kappa shape index (κ1) is 10.9. The van der Waals surface area contributed by atoms with Gasteiger partial charge in [-0.2, -0.15) is 0 Å². The van der Waals surface area contributed by atoms with Crippen LogP contribution in [-0.4, -0.2) is 42.2 Å². The van der Waals surface area contributed by atoms with Gasteiger partial charge >= 0.3 is 0 Å². The fourth-order valence-electron chi connectivity index (χ4n) is 1.57. The summed E-state index contributed by atoms with van der Waals surface area (Å²) < 4.78 is 5.44. The summed E-state index contributed by atoms with van der Waals surface area (Å²) in [5, 5.41) is 0. The van der Waals surface area contributed by atoms with Crippen LogP contribution in [0.1, 0.15) is 19.8 Å². The van der Waals surface area contributed by atoms with Crippen molar-refractivity contribution < 1.29 is 4.74 Å². The quantitative estimate of drug-likeness (QED) is 0.684. The Morgan fingerprint density at radius 2 is 2.46 bits per heavy atom. The Kier molecular flexibility index (Phi) is 4.62. The SMILES string of the molecule is CC1CN(CCCC(N)=S)CCO1.